The lowest BCUT2D eigenvalue weighted by molar-refractivity contribution is 0.103. The Bertz CT molecular complexity index is 440. The topological polar surface area (TPSA) is 50.7 Å². The molecule has 1 rings (SSSR count). The van der Waals surface area contributed by atoms with Crippen LogP contribution in [0.15, 0.2) is 24.3 Å². The second kappa shape index (κ2) is 9.28. The van der Waals surface area contributed by atoms with E-state index in [1.54, 1.807) is 7.11 Å². The highest BCUT2D eigenvalue weighted by Gasteiger charge is 2.20. The van der Waals surface area contributed by atoms with E-state index in [9.17, 15) is 5.11 Å². The number of methoxy groups -OCH3 is 1. The van der Waals surface area contributed by atoms with Crippen LogP contribution in [0.25, 0.3) is 0 Å². The Morgan fingerprint density at radius 2 is 2.00 bits per heavy atom. The first-order valence-electron chi connectivity index (χ1n) is 7.59. The van der Waals surface area contributed by atoms with E-state index in [0.29, 0.717) is 18.3 Å². The number of rotatable bonds is 10. The van der Waals surface area contributed by atoms with E-state index in [2.05, 4.69) is 32.3 Å². The molecular weight excluding hydrogens is 298 g/mol. The highest BCUT2D eigenvalue weighted by molar-refractivity contribution is 7.99. The second-order valence-electron chi connectivity index (χ2n) is 6.12. The summed E-state index contributed by atoms with van der Waals surface area (Å²) in [4.78, 5) is 0. The van der Waals surface area contributed by atoms with Gasteiger partial charge in [0.1, 0.15) is 24.2 Å². The molecular formula is C17H29NO3S. The lowest BCUT2D eigenvalue weighted by atomic mass is 10.0. The summed E-state index contributed by atoms with van der Waals surface area (Å²) in [6, 6.07) is 7.75. The third-order valence-electron chi connectivity index (χ3n) is 3.54. The molecule has 0 spiro atoms. The van der Waals surface area contributed by atoms with Crippen LogP contribution in [0.2, 0.25) is 0 Å². The van der Waals surface area contributed by atoms with E-state index in [0.717, 1.165) is 12.2 Å². The van der Waals surface area contributed by atoms with Gasteiger partial charge in [-0.25, -0.2) is 0 Å². The smallest absolute Gasteiger partial charge is 0.123 e. The standard InChI is InChI=1S/C17H29NO3S/c1-13(10-17(2,3)22-5)18-11-14(19)12-21-16-8-6-7-15(9-16)20-4/h6-9,13-14,18-19H,10-12H2,1-5H3/t13-,14-/m0/s1. The van der Waals surface area contributed by atoms with Crippen molar-refractivity contribution in [3.8, 4) is 11.5 Å². The first kappa shape index (κ1) is 19.1. The third kappa shape index (κ3) is 7.38. The van der Waals surface area contributed by atoms with Crippen LogP contribution in [0, 0.1) is 0 Å². The molecule has 0 aromatic heterocycles. The molecule has 0 saturated heterocycles. The largest absolute Gasteiger partial charge is 0.497 e. The van der Waals surface area contributed by atoms with Crippen LogP contribution in [0.4, 0.5) is 0 Å². The maximum Gasteiger partial charge on any atom is 0.123 e. The molecule has 1 aromatic carbocycles. The van der Waals surface area contributed by atoms with Gasteiger partial charge in [0, 0.05) is 23.4 Å². The lowest BCUT2D eigenvalue weighted by Gasteiger charge is -2.27. The Hall–Kier alpha value is -0.910. The first-order chi connectivity index (χ1) is 10.4. The van der Waals surface area contributed by atoms with Crippen molar-refractivity contribution in [3.63, 3.8) is 0 Å². The van der Waals surface area contributed by atoms with Gasteiger partial charge in [-0.3, -0.25) is 0 Å². The number of aliphatic hydroxyl groups excluding tert-OH is 1. The summed E-state index contributed by atoms with van der Waals surface area (Å²) in [7, 11) is 1.62. The van der Waals surface area contributed by atoms with Gasteiger partial charge in [-0.05, 0) is 31.7 Å². The van der Waals surface area contributed by atoms with Gasteiger partial charge in [-0.2, -0.15) is 11.8 Å². The molecule has 0 aliphatic carbocycles. The van der Waals surface area contributed by atoms with Gasteiger partial charge in [-0.1, -0.05) is 19.9 Å². The number of benzene rings is 1. The zero-order chi connectivity index (χ0) is 16.6. The predicted molar refractivity (Wildman–Crippen MR) is 94.2 cm³/mol. The monoisotopic (exact) mass is 327 g/mol. The second-order valence-corrected chi connectivity index (χ2v) is 7.63. The molecule has 4 nitrogen and oxygen atoms in total. The van der Waals surface area contributed by atoms with Gasteiger partial charge < -0.3 is 19.9 Å². The van der Waals surface area contributed by atoms with Crippen molar-refractivity contribution >= 4 is 11.8 Å². The SMILES string of the molecule is COc1cccc(OC[C@@H](O)CN[C@@H](C)CC(C)(C)SC)c1. The molecule has 5 heteroatoms. The Labute approximate surface area is 138 Å². The minimum atomic E-state index is -0.536. The lowest BCUT2D eigenvalue weighted by Crippen LogP contribution is -2.39. The number of thioether (sulfide) groups is 1. The predicted octanol–water partition coefficient (Wildman–Crippen LogP) is 2.94. The third-order valence-corrected chi connectivity index (χ3v) is 4.81. The number of hydrogen-bond acceptors (Lipinski definition) is 5. The van der Waals surface area contributed by atoms with Crippen LogP contribution in [0.3, 0.4) is 0 Å². The molecule has 0 aliphatic rings. The van der Waals surface area contributed by atoms with E-state index in [-0.39, 0.29) is 11.4 Å². The van der Waals surface area contributed by atoms with Crippen LogP contribution in [0.5, 0.6) is 11.5 Å². The molecule has 0 radical (unpaired) electrons. The van der Waals surface area contributed by atoms with Crippen molar-refractivity contribution in [2.75, 3.05) is 26.5 Å². The van der Waals surface area contributed by atoms with Crippen molar-refractivity contribution in [1.29, 1.82) is 0 Å². The average Bonchev–Trinajstić information content (AvgIpc) is 2.50. The zero-order valence-electron chi connectivity index (χ0n) is 14.3. The molecule has 126 valence electrons. The summed E-state index contributed by atoms with van der Waals surface area (Å²) in [5.41, 5.74) is 0. The van der Waals surface area contributed by atoms with E-state index in [4.69, 9.17) is 9.47 Å². The molecule has 0 heterocycles. The molecule has 22 heavy (non-hydrogen) atoms. The van der Waals surface area contributed by atoms with Crippen molar-refractivity contribution < 1.29 is 14.6 Å². The van der Waals surface area contributed by atoms with E-state index >= 15 is 0 Å². The van der Waals surface area contributed by atoms with Crippen molar-refractivity contribution in [2.45, 2.75) is 44.1 Å². The first-order valence-corrected chi connectivity index (χ1v) is 8.82. The summed E-state index contributed by atoms with van der Waals surface area (Å²) in [5, 5.41) is 13.4. The Balaban J connectivity index is 2.29. The maximum atomic E-state index is 10.0. The van der Waals surface area contributed by atoms with Gasteiger partial charge in [0.05, 0.1) is 7.11 Å². The van der Waals surface area contributed by atoms with E-state index in [1.165, 1.54) is 0 Å². The highest BCUT2D eigenvalue weighted by atomic mass is 32.2. The molecule has 0 fully saturated rings. The minimum Gasteiger partial charge on any atom is -0.497 e. The van der Waals surface area contributed by atoms with Crippen LogP contribution in [-0.4, -0.2) is 48.5 Å². The van der Waals surface area contributed by atoms with Crippen LogP contribution in [-0.2, 0) is 0 Å². The minimum absolute atomic E-state index is 0.245. The van der Waals surface area contributed by atoms with E-state index in [1.807, 2.05) is 36.0 Å². The van der Waals surface area contributed by atoms with E-state index < -0.39 is 6.10 Å². The molecule has 0 bridgehead atoms. The summed E-state index contributed by atoms with van der Waals surface area (Å²) < 4.78 is 11.0. The van der Waals surface area contributed by atoms with Gasteiger partial charge in [-0.15, -0.1) is 0 Å². The molecule has 0 amide bonds. The summed E-state index contributed by atoms with van der Waals surface area (Å²) in [6.07, 6.45) is 2.65. The summed E-state index contributed by atoms with van der Waals surface area (Å²) in [5.74, 6) is 1.45. The number of hydrogen-bond donors (Lipinski definition) is 2. The average molecular weight is 327 g/mol. The fraction of sp³-hybridized carbons (Fsp3) is 0.647. The van der Waals surface area contributed by atoms with Crippen molar-refractivity contribution in [3.05, 3.63) is 24.3 Å². The van der Waals surface area contributed by atoms with Crippen LogP contribution < -0.4 is 14.8 Å². The normalized spacial score (nSPS) is 14.5. The Morgan fingerprint density at radius 1 is 1.32 bits per heavy atom. The molecule has 2 N–H and O–H groups in total. The molecule has 0 aliphatic heterocycles. The van der Waals surface area contributed by atoms with Crippen LogP contribution >= 0.6 is 11.8 Å². The fourth-order valence-electron chi connectivity index (χ4n) is 2.17. The fourth-order valence-corrected chi connectivity index (χ4v) is 2.59. The Kier molecular flexibility index (Phi) is 8.07. The number of aliphatic hydroxyl groups is 1. The molecule has 1 aromatic rings. The highest BCUT2D eigenvalue weighted by Crippen LogP contribution is 2.26. The van der Waals surface area contributed by atoms with Gasteiger partial charge in [0.2, 0.25) is 0 Å². The molecule has 0 saturated carbocycles. The van der Waals surface area contributed by atoms with Gasteiger partial charge >= 0.3 is 0 Å². The quantitative estimate of drug-likeness (QED) is 0.692. The van der Waals surface area contributed by atoms with Crippen molar-refractivity contribution in [2.24, 2.45) is 0 Å². The maximum absolute atomic E-state index is 10.0. The van der Waals surface area contributed by atoms with Crippen LogP contribution in [0.1, 0.15) is 27.2 Å². The van der Waals surface area contributed by atoms with Crippen molar-refractivity contribution in [1.82, 2.24) is 5.32 Å². The van der Waals surface area contributed by atoms with Gasteiger partial charge in [0.25, 0.3) is 0 Å². The molecule has 2 atom stereocenters. The van der Waals surface area contributed by atoms with Gasteiger partial charge in [0.15, 0.2) is 0 Å². The Morgan fingerprint density at radius 3 is 2.64 bits per heavy atom. The number of ether oxygens (including phenoxy) is 2. The number of nitrogens with one attached hydrogen (secondary N) is 1. The summed E-state index contributed by atoms with van der Waals surface area (Å²) >= 11 is 1.86. The molecule has 0 unspecified atom stereocenters. The summed E-state index contributed by atoms with van der Waals surface area (Å²) in [6.45, 7) is 7.40. The zero-order valence-corrected chi connectivity index (χ0v) is 15.1.